The van der Waals surface area contributed by atoms with E-state index in [9.17, 15) is 19.2 Å². The summed E-state index contributed by atoms with van der Waals surface area (Å²) in [5, 5.41) is 4.74. The summed E-state index contributed by atoms with van der Waals surface area (Å²) in [6.45, 7) is 0. The first kappa shape index (κ1) is 29.6. The second kappa shape index (κ2) is 14.8. The monoisotopic (exact) mass is 577 g/mol. The molecular weight excluding hydrogens is 550 g/mol. The lowest BCUT2D eigenvalue weighted by molar-refractivity contribution is -0.141. The first-order chi connectivity index (χ1) is 18.3. The first-order valence-corrected chi connectivity index (χ1v) is 14.2. The highest BCUT2D eigenvalue weighted by atomic mass is 35.5. The predicted molar refractivity (Wildman–Crippen MR) is 150 cm³/mol. The van der Waals surface area contributed by atoms with Crippen LogP contribution in [-0.4, -0.2) is 54.2 Å². The number of imide groups is 1. The number of hydrogen-bond donors (Lipinski definition) is 3. The van der Waals surface area contributed by atoms with Crippen LogP contribution in [0.3, 0.4) is 0 Å². The number of nitrogens with one attached hydrogen (secondary N) is 3. The van der Waals surface area contributed by atoms with E-state index in [0.29, 0.717) is 29.2 Å². The van der Waals surface area contributed by atoms with Gasteiger partial charge in [-0.1, -0.05) is 24.3 Å². The van der Waals surface area contributed by atoms with E-state index in [1.54, 1.807) is 54.2 Å². The van der Waals surface area contributed by atoms with E-state index in [1.807, 2.05) is 18.4 Å². The van der Waals surface area contributed by atoms with Gasteiger partial charge in [0.05, 0.1) is 18.4 Å². The highest BCUT2D eigenvalue weighted by Gasteiger charge is 2.25. The Hall–Kier alpha value is -2.99. The van der Waals surface area contributed by atoms with Gasteiger partial charge < -0.3 is 14.8 Å². The summed E-state index contributed by atoms with van der Waals surface area (Å²) in [5.41, 5.74) is 1.66. The Morgan fingerprint density at radius 2 is 1.76 bits per heavy atom. The van der Waals surface area contributed by atoms with Crippen molar-refractivity contribution in [2.24, 2.45) is 0 Å². The molecule has 38 heavy (non-hydrogen) atoms. The van der Waals surface area contributed by atoms with Crippen molar-refractivity contribution in [1.82, 2.24) is 15.5 Å². The normalized spacial score (nSPS) is 15.6. The number of rotatable bonds is 13. The molecule has 2 atom stereocenters. The lowest BCUT2D eigenvalue weighted by atomic mass is 10.0. The van der Waals surface area contributed by atoms with E-state index in [4.69, 9.17) is 21.3 Å². The molecule has 0 aliphatic carbocycles. The van der Waals surface area contributed by atoms with Gasteiger partial charge in [-0.25, -0.2) is 4.84 Å². The van der Waals surface area contributed by atoms with E-state index < -0.39 is 24.0 Å². The van der Waals surface area contributed by atoms with Crippen LogP contribution < -0.4 is 20.2 Å². The van der Waals surface area contributed by atoms with Crippen LogP contribution in [0.25, 0.3) is 6.08 Å². The first-order valence-electron chi connectivity index (χ1n) is 11.6. The molecule has 1 saturated heterocycles. The fraction of sp³-hybridized carbons (Fsp3) is 0.308. The zero-order valence-corrected chi connectivity index (χ0v) is 23.2. The Kier molecular flexibility index (Phi) is 11.5. The van der Waals surface area contributed by atoms with Crippen LogP contribution >= 0.6 is 35.3 Å². The van der Waals surface area contributed by atoms with E-state index in [-0.39, 0.29) is 17.6 Å². The largest absolute Gasteiger partial charge is 0.469 e. The topological polar surface area (TPSA) is 123 Å². The summed E-state index contributed by atoms with van der Waals surface area (Å²) in [6.07, 6.45) is 4.58. The SMILES string of the molecule is COC(=O)CC(Cc1ccc(Oc2ccc(/C=C3/SC(=O)NC3=O)cc2)cc1)NC(=O)C(CCSC)NCl. The van der Waals surface area contributed by atoms with Gasteiger partial charge in [-0.05, 0) is 89.9 Å². The van der Waals surface area contributed by atoms with Crippen LogP contribution in [0.5, 0.6) is 11.5 Å². The summed E-state index contributed by atoms with van der Waals surface area (Å²) in [4.78, 5) is 50.5. The number of amides is 3. The van der Waals surface area contributed by atoms with Crippen LogP contribution in [0.2, 0.25) is 0 Å². The number of esters is 1. The van der Waals surface area contributed by atoms with Crippen molar-refractivity contribution in [3.8, 4) is 11.5 Å². The van der Waals surface area contributed by atoms with Crippen LogP contribution in [0.4, 0.5) is 4.79 Å². The van der Waals surface area contributed by atoms with E-state index in [0.717, 1.165) is 28.6 Å². The third-order valence-electron chi connectivity index (χ3n) is 5.51. The average molecular weight is 578 g/mol. The molecule has 0 bridgehead atoms. The maximum atomic E-state index is 12.7. The molecule has 1 aliphatic rings. The smallest absolute Gasteiger partial charge is 0.307 e. The molecule has 202 valence electrons. The third kappa shape index (κ3) is 9.09. The Morgan fingerprint density at radius 1 is 1.11 bits per heavy atom. The summed E-state index contributed by atoms with van der Waals surface area (Å²) < 4.78 is 10.7. The molecule has 0 aromatic heterocycles. The minimum Gasteiger partial charge on any atom is -0.469 e. The molecule has 3 rings (SSSR count). The fourth-order valence-electron chi connectivity index (χ4n) is 3.55. The number of carbonyl (C=O) groups excluding carboxylic acids is 4. The number of carbonyl (C=O) groups is 4. The summed E-state index contributed by atoms with van der Waals surface area (Å²) in [7, 11) is 1.31. The number of thioether (sulfide) groups is 2. The lowest BCUT2D eigenvalue weighted by Gasteiger charge is -2.21. The summed E-state index contributed by atoms with van der Waals surface area (Å²) in [5.74, 6) is 0.861. The molecule has 0 radical (unpaired) electrons. The Balaban J connectivity index is 1.61. The molecule has 3 N–H and O–H groups in total. The van der Waals surface area contributed by atoms with Crippen molar-refractivity contribution < 1.29 is 28.7 Å². The van der Waals surface area contributed by atoms with Gasteiger partial charge in [-0.3, -0.25) is 24.5 Å². The van der Waals surface area contributed by atoms with Crippen LogP contribution in [0.15, 0.2) is 53.4 Å². The maximum absolute atomic E-state index is 12.7. The van der Waals surface area contributed by atoms with Gasteiger partial charge in [0.1, 0.15) is 17.5 Å². The number of halogens is 1. The van der Waals surface area contributed by atoms with Crippen molar-refractivity contribution in [1.29, 1.82) is 0 Å². The molecule has 1 aliphatic heterocycles. The molecule has 1 heterocycles. The Morgan fingerprint density at radius 3 is 2.32 bits per heavy atom. The highest BCUT2D eigenvalue weighted by molar-refractivity contribution is 8.18. The molecule has 3 amide bonds. The molecule has 2 aromatic rings. The van der Waals surface area contributed by atoms with Crippen LogP contribution in [-0.2, 0) is 25.5 Å². The fourth-order valence-corrected chi connectivity index (χ4v) is 4.91. The van der Waals surface area contributed by atoms with Gasteiger partial charge in [0, 0.05) is 6.04 Å². The van der Waals surface area contributed by atoms with Crippen molar-refractivity contribution in [3.05, 3.63) is 64.6 Å². The molecule has 1 fully saturated rings. The predicted octanol–water partition coefficient (Wildman–Crippen LogP) is 4.26. The summed E-state index contributed by atoms with van der Waals surface area (Å²) in [6, 6.07) is 13.4. The number of benzene rings is 2. The quantitative estimate of drug-likeness (QED) is 0.182. The van der Waals surface area contributed by atoms with Gasteiger partial charge in [0.25, 0.3) is 11.1 Å². The van der Waals surface area contributed by atoms with Gasteiger partial charge in [-0.15, -0.1) is 0 Å². The van der Waals surface area contributed by atoms with Crippen molar-refractivity contribution in [2.75, 3.05) is 19.1 Å². The molecule has 2 aromatic carbocycles. The van der Waals surface area contributed by atoms with E-state index >= 15 is 0 Å². The Bertz CT molecular complexity index is 1170. The van der Waals surface area contributed by atoms with Crippen molar-refractivity contribution in [3.63, 3.8) is 0 Å². The van der Waals surface area contributed by atoms with Gasteiger partial charge in [0.2, 0.25) is 5.91 Å². The van der Waals surface area contributed by atoms with E-state index in [2.05, 4.69) is 15.5 Å². The average Bonchev–Trinajstić information content (AvgIpc) is 3.22. The zero-order valence-electron chi connectivity index (χ0n) is 20.8. The van der Waals surface area contributed by atoms with Gasteiger partial charge >= 0.3 is 5.97 Å². The molecule has 0 spiro atoms. The maximum Gasteiger partial charge on any atom is 0.307 e. The van der Waals surface area contributed by atoms with Gasteiger partial charge in [-0.2, -0.15) is 11.8 Å². The highest BCUT2D eigenvalue weighted by Crippen LogP contribution is 2.27. The number of hydrogen-bond acceptors (Lipinski definition) is 9. The molecule has 2 unspecified atom stereocenters. The molecule has 0 saturated carbocycles. The number of ether oxygens (including phenoxy) is 2. The summed E-state index contributed by atoms with van der Waals surface area (Å²) >= 11 is 8.24. The minimum absolute atomic E-state index is 0.0227. The second-order valence-electron chi connectivity index (χ2n) is 8.30. The molecule has 12 heteroatoms. The molecule has 9 nitrogen and oxygen atoms in total. The second-order valence-corrected chi connectivity index (χ2v) is 10.5. The Labute approximate surface area is 234 Å². The lowest BCUT2D eigenvalue weighted by Crippen LogP contribution is -2.47. The van der Waals surface area contributed by atoms with E-state index in [1.165, 1.54) is 7.11 Å². The molecular formula is C26H28ClN3O6S2. The van der Waals surface area contributed by atoms with Crippen molar-refractivity contribution >= 4 is 64.4 Å². The van der Waals surface area contributed by atoms with Crippen LogP contribution in [0, 0.1) is 0 Å². The zero-order chi connectivity index (χ0) is 27.5. The van der Waals surface area contributed by atoms with Crippen LogP contribution in [0.1, 0.15) is 24.0 Å². The van der Waals surface area contributed by atoms with Crippen molar-refractivity contribution in [2.45, 2.75) is 31.3 Å². The van der Waals surface area contributed by atoms with Gasteiger partial charge in [0.15, 0.2) is 0 Å². The third-order valence-corrected chi connectivity index (χ3v) is 7.23. The standard InChI is InChI=1S/C26H28ClN3O6S2/c1-35-23(31)15-18(28-24(32)21(30-27)11-12-37-2)13-16-3-7-19(8-4-16)36-20-9-5-17(6-10-20)14-22-25(33)29-26(34)38-22/h3-10,14,18,21,30H,11-13,15H2,1-2H3,(H,28,32)(H,29,33,34)/b22-14+. The minimum atomic E-state index is -0.570. The number of methoxy groups -OCH3 is 1.